The number of sulfonamides is 1. The summed E-state index contributed by atoms with van der Waals surface area (Å²) in [5.41, 5.74) is 1.08. The molecular formula is C14H22ClN3O3S. The van der Waals surface area contributed by atoms with Crippen LogP contribution in [0.15, 0.2) is 23.1 Å². The molecule has 1 saturated carbocycles. The van der Waals surface area contributed by atoms with Crippen LogP contribution in [0.4, 0.5) is 5.69 Å². The summed E-state index contributed by atoms with van der Waals surface area (Å²) in [7, 11) is -3.79. The van der Waals surface area contributed by atoms with Crippen molar-refractivity contribution in [1.82, 2.24) is 5.32 Å². The lowest BCUT2D eigenvalue weighted by molar-refractivity contribution is -0.115. The molecular weight excluding hydrogens is 326 g/mol. The number of rotatable bonds is 7. The average Bonchev–Trinajstić information content (AvgIpc) is 3.22. The van der Waals surface area contributed by atoms with Gasteiger partial charge in [0.1, 0.15) is 0 Å². The number of hydrogen-bond acceptors (Lipinski definition) is 4. The molecule has 1 aromatic rings. The van der Waals surface area contributed by atoms with E-state index in [4.69, 9.17) is 5.14 Å². The molecule has 1 aliphatic carbocycles. The van der Waals surface area contributed by atoms with E-state index < -0.39 is 10.0 Å². The fraction of sp³-hybridized carbons (Fsp3) is 0.500. The van der Waals surface area contributed by atoms with Crippen LogP contribution in [-0.2, 0) is 21.2 Å². The van der Waals surface area contributed by atoms with E-state index >= 15 is 0 Å². The predicted molar refractivity (Wildman–Crippen MR) is 88.7 cm³/mol. The summed E-state index contributed by atoms with van der Waals surface area (Å²) in [6.07, 6.45) is 3.01. The Kier molecular flexibility index (Phi) is 6.80. The number of benzene rings is 1. The molecule has 0 unspecified atom stereocenters. The van der Waals surface area contributed by atoms with Crippen molar-refractivity contribution in [3.63, 3.8) is 0 Å². The standard InChI is InChI=1S/C14H21N3O3S.ClH/c1-2-11-5-6-12(7-13(11)21(15,19)20)17-14(18)9-16-8-10-3-4-10;/h5-7,10,16H,2-4,8-9H2,1H3,(H,17,18)(H2,15,19,20);1H. The zero-order chi connectivity index (χ0) is 15.5. The third kappa shape index (κ3) is 5.57. The zero-order valence-corrected chi connectivity index (χ0v) is 14.1. The molecule has 4 N–H and O–H groups in total. The van der Waals surface area contributed by atoms with Gasteiger partial charge in [-0.05, 0) is 49.4 Å². The minimum absolute atomic E-state index is 0. The van der Waals surface area contributed by atoms with Gasteiger partial charge < -0.3 is 10.6 Å². The average molecular weight is 348 g/mol. The van der Waals surface area contributed by atoms with Crippen molar-refractivity contribution in [2.75, 3.05) is 18.4 Å². The highest BCUT2D eigenvalue weighted by Gasteiger charge is 2.20. The smallest absolute Gasteiger partial charge is 0.238 e. The Balaban J connectivity index is 0.00000242. The maximum absolute atomic E-state index is 11.8. The van der Waals surface area contributed by atoms with E-state index in [9.17, 15) is 13.2 Å². The van der Waals surface area contributed by atoms with Gasteiger partial charge in [0.25, 0.3) is 0 Å². The Labute approximate surface area is 137 Å². The van der Waals surface area contributed by atoms with Crippen molar-refractivity contribution in [2.45, 2.75) is 31.1 Å². The Morgan fingerprint density at radius 2 is 2.05 bits per heavy atom. The van der Waals surface area contributed by atoms with Crippen molar-refractivity contribution in [3.05, 3.63) is 23.8 Å². The van der Waals surface area contributed by atoms with Gasteiger partial charge in [-0.1, -0.05) is 13.0 Å². The van der Waals surface area contributed by atoms with Gasteiger partial charge in [0, 0.05) is 5.69 Å². The Hall–Kier alpha value is -1.15. The number of nitrogens with two attached hydrogens (primary N) is 1. The SMILES string of the molecule is CCc1ccc(NC(=O)CNCC2CC2)cc1S(N)(=O)=O.Cl. The first-order valence-electron chi connectivity index (χ1n) is 7.06. The molecule has 0 aliphatic heterocycles. The van der Waals surface area contributed by atoms with E-state index in [-0.39, 0.29) is 29.8 Å². The normalized spacial score (nSPS) is 14.3. The van der Waals surface area contributed by atoms with Crippen molar-refractivity contribution in [1.29, 1.82) is 0 Å². The van der Waals surface area contributed by atoms with Crippen LogP contribution < -0.4 is 15.8 Å². The number of anilines is 1. The van der Waals surface area contributed by atoms with E-state index in [1.165, 1.54) is 18.9 Å². The van der Waals surface area contributed by atoms with Crippen LogP contribution in [0.3, 0.4) is 0 Å². The fourth-order valence-electron chi connectivity index (χ4n) is 2.11. The molecule has 1 aliphatic rings. The number of primary sulfonamides is 1. The first-order valence-corrected chi connectivity index (χ1v) is 8.61. The second-order valence-electron chi connectivity index (χ2n) is 5.34. The van der Waals surface area contributed by atoms with E-state index in [1.807, 2.05) is 6.92 Å². The van der Waals surface area contributed by atoms with Gasteiger partial charge >= 0.3 is 0 Å². The molecule has 1 aromatic carbocycles. The Morgan fingerprint density at radius 1 is 1.36 bits per heavy atom. The maximum Gasteiger partial charge on any atom is 0.238 e. The van der Waals surface area contributed by atoms with Gasteiger partial charge in [0.05, 0.1) is 11.4 Å². The lowest BCUT2D eigenvalue weighted by Gasteiger charge is -2.10. The number of carbonyl (C=O) groups is 1. The predicted octanol–water partition coefficient (Wildman–Crippen LogP) is 1.26. The summed E-state index contributed by atoms with van der Waals surface area (Å²) in [5.74, 6) is 0.510. The topological polar surface area (TPSA) is 101 Å². The summed E-state index contributed by atoms with van der Waals surface area (Å²) in [5, 5.41) is 11.0. The summed E-state index contributed by atoms with van der Waals surface area (Å²) in [4.78, 5) is 11.8. The summed E-state index contributed by atoms with van der Waals surface area (Å²) >= 11 is 0. The Morgan fingerprint density at radius 3 is 2.59 bits per heavy atom. The minimum atomic E-state index is -3.79. The number of halogens is 1. The van der Waals surface area contributed by atoms with Crippen LogP contribution in [-0.4, -0.2) is 27.4 Å². The highest BCUT2D eigenvalue weighted by molar-refractivity contribution is 7.89. The molecule has 2 rings (SSSR count). The van der Waals surface area contributed by atoms with Crippen LogP contribution in [0.25, 0.3) is 0 Å². The van der Waals surface area contributed by atoms with Crippen LogP contribution in [0.2, 0.25) is 0 Å². The second-order valence-corrected chi connectivity index (χ2v) is 6.87. The van der Waals surface area contributed by atoms with Crippen molar-refractivity contribution >= 4 is 34.0 Å². The first-order chi connectivity index (χ1) is 9.90. The minimum Gasteiger partial charge on any atom is -0.325 e. The molecule has 124 valence electrons. The molecule has 1 amide bonds. The summed E-state index contributed by atoms with van der Waals surface area (Å²) < 4.78 is 23.1. The number of amides is 1. The van der Waals surface area contributed by atoms with Crippen LogP contribution in [0.1, 0.15) is 25.3 Å². The number of hydrogen-bond donors (Lipinski definition) is 3. The molecule has 0 bridgehead atoms. The fourth-order valence-corrected chi connectivity index (χ4v) is 2.98. The van der Waals surface area contributed by atoms with E-state index in [2.05, 4.69) is 10.6 Å². The van der Waals surface area contributed by atoms with E-state index in [0.29, 0.717) is 23.6 Å². The number of aryl methyl sites for hydroxylation is 1. The quantitative estimate of drug-likeness (QED) is 0.691. The van der Waals surface area contributed by atoms with Gasteiger partial charge in [-0.3, -0.25) is 4.79 Å². The molecule has 0 aromatic heterocycles. The van der Waals surface area contributed by atoms with Crippen molar-refractivity contribution < 1.29 is 13.2 Å². The summed E-state index contributed by atoms with van der Waals surface area (Å²) in [6.45, 7) is 2.92. The molecule has 0 radical (unpaired) electrons. The van der Waals surface area contributed by atoms with Crippen LogP contribution in [0.5, 0.6) is 0 Å². The molecule has 6 nitrogen and oxygen atoms in total. The summed E-state index contributed by atoms with van der Waals surface area (Å²) in [6, 6.07) is 4.77. The van der Waals surface area contributed by atoms with E-state index in [1.54, 1.807) is 12.1 Å². The van der Waals surface area contributed by atoms with Gasteiger partial charge in [0.2, 0.25) is 15.9 Å². The van der Waals surface area contributed by atoms with Gasteiger partial charge in [-0.2, -0.15) is 0 Å². The third-order valence-corrected chi connectivity index (χ3v) is 4.45. The highest BCUT2D eigenvalue weighted by Crippen LogP contribution is 2.27. The molecule has 0 saturated heterocycles. The zero-order valence-electron chi connectivity index (χ0n) is 12.5. The molecule has 0 heterocycles. The molecule has 1 fully saturated rings. The lowest BCUT2D eigenvalue weighted by atomic mass is 10.1. The largest absolute Gasteiger partial charge is 0.325 e. The van der Waals surface area contributed by atoms with Crippen molar-refractivity contribution in [2.24, 2.45) is 11.1 Å². The lowest BCUT2D eigenvalue weighted by Crippen LogP contribution is -2.29. The maximum atomic E-state index is 11.8. The van der Waals surface area contributed by atoms with Crippen molar-refractivity contribution in [3.8, 4) is 0 Å². The van der Waals surface area contributed by atoms with Crippen LogP contribution in [0, 0.1) is 5.92 Å². The Bertz CT molecular complexity index is 630. The second kappa shape index (κ2) is 7.92. The third-order valence-electron chi connectivity index (χ3n) is 3.45. The molecule has 8 heteroatoms. The van der Waals surface area contributed by atoms with Crippen LogP contribution >= 0.6 is 12.4 Å². The van der Waals surface area contributed by atoms with Gasteiger partial charge in [-0.25, -0.2) is 13.6 Å². The molecule has 0 atom stereocenters. The number of carbonyl (C=O) groups excluding carboxylic acids is 1. The van der Waals surface area contributed by atoms with Gasteiger partial charge in [0.15, 0.2) is 0 Å². The highest BCUT2D eigenvalue weighted by atomic mass is 35.5. The molecule has 0 spiro atoms. The van der Waals surface area contributed by atoms with Gasteiger partial charge in [-0.15, -0.1) is 12.4 Å². The molecule has 22 heavy (non-hydrogen) atoms. The number of nitrogens with one attached hydrogen (secondary N) is 2. The first kappa shape index (κ1) is 18.9. The van der Waals surface area contributed by atoms with E-state index in [0.717, 1.165) is 6.54 Å². The monoisotopic (exact) mass is 347 g/mol.